The SMILES string of the molecule is CCCCCCCOC1CCC(C#CC2CCC(O)C(F)C2)CC1. The first-order valence-corrected chi connectivity index (χ1v) is 10.1. The van der Waals surface area contributed by atoms with Crippen molar-refractivity contribution in [2.45, 2.75) is 102 Å². The van der Waals surface area contributed by atoms with E-state index in [1.165, 1.54) is 32.1 Å². The number of rotatable bonds is 7. The standard InChI is InChI=1S/C21H35FO2/c1-2-3-4-5-6-15-24-19-12-9-17(10-13-19)7-8-18-11-14-21(23)20(22)16-18/h17-21,23H,2-6,9-16H2,1H3. The van der Waals surface area contributed by atoms with Crippen LogP contribution in [0.1, 0.15) is 84.0 Å². The van der Waals surface area contributed by atoms with Crippen molar-refractivity contribution < 1.29 is 14.2 Å². The third kappa shape index (κ3) is 7.11. The van der Waals surface area contributed by atoms with Gasteiger partial charge in [-0.3, -0.25) is 0 Å². The second-order valence-corrected chi connectivity index (χ2v) is 7.64. The molecule has 2 fully saturated rings. The van der Waals surface area contributed by atoms with Gasteiger partial charge in [-0.25, -0.2) is 4.39 Å². The molecular weight excluding hydrogens is 303 g/mol. The molecule has 2 aliphatic rings. The highest BCUT2D eigenvalue weighted by Gasteiger charge is 2.28. The van der Waals surface area contributed by atoms with Crippen molar-refractivity contribution in [2.24, 2.45) is 11.8 Å². The third-order valence-electron chi connectivity index (χ3n) is 5.51. The summed E-state index contributed by atoms with van der Waals surface area (Å²) in [6, 6.07) is 0. The minimum absolute atomic E-state index is 0.139. The van der Waals surface area contributed by atoms with Gasteiger partial charge in [0.15, 0.2) is 0 Å². The summed E-state index contributed by atoms with van der Waals surface area (Å²) in [5.41, 5.74) is 0. The number of hydrogen-bond acceptors (Lipinski definition) is 2. The van der Waals surface area contributed by atoms with Crippen LogP contribution in [0.4, 0.5) is 4.39 Å². The molecule has 0 radical (unpaired) electrons. The number of unbranched alkanes of at least 4 members (excludes halogenated alkanes) is 4. The van der Waals surface area contributed by atoms with Gasteiger partial charge in [-0.2, -0.15) is 0 Å². The van der Waals surface area contributed by atoms with Crippen LogP contribution in [-0.2, 0) is 4.74 Å². The van der Waals surface area contributed by atoms with E-state index in [-0.39, 0.29) is 5.92 Å². The van der Waals surface area contributed by atoms with Gasteiger partial charge in [0.2, 0.25) is 0 Å². The van der Waals surface area contributed by atoms with Crippen LogP contribution < -0.4 is 0 Å². The molecule has 138 valence electrons. The summed E-state index contributed by atoms with van der Waals surface area (Å²) < 4.78 is 19.5. The molecule has 3 heteroatoms. The van der Waals surface area contributed by atoms with Crippen LogP contribution in [-0.4, -0.2) is 30.1 Å². The molecule has 0 amide bonds. The average molecular weight is 339 g/mol. The first kappa shape index (κ1) is 19.7. The lowest BCUT2D eigenvalue weighted by atomic mass is 9.84. The van der Waals surface area contributed by atoms with E-state index < -0.39 is 12.3 Å². The summed E-state index contributed by atoms with van der Waals surface area (Å²) in [6.45, 7) is 3.15. The topological polar surface area (TPSA) is 29.5 Å². The van der Waals surface area contributed by atoms with Crippen molar-refractivity contribution in [1.29, 1.82) is 0 Å². The van der Waals surface area contributed by atoms with Crippen LogP contribution in [0.15, 0.2) is 0 Å². The Morgan fingerprint density at radius 2 is 1.58 bits per heavy atom. The van der Waals surface area contributed by atoms with Gasteiger partial charge in [-0.05, 0) is 51.4 Å². The Kier molecular flexibility index (Phi) is 9.13. The predicted octanol–water partition coefficient (Wildman–Crippen LogP) is 5.03. The van der Waals surface area contributed by atoms with Crippen LogP contribution in [0.2, 0.25) is 0 Å². The first-order chi connectivity index (χ1) is 11.7. The van der Waals surface area contributed by atoms with Crippen molar-refractivity contribution in [3.8, 4) is 11.8 Å². The van der Waals surface area contributed by atoms with Crippen LogP contribution in [0, 0.1) is 23.7 Å². The molecule has 2 nitrogen and oxygen atoms in total. The maximum atomic E-state index is 13.5. The van der Waals surface area contributed by atoms with E-state index in [1.807, 2.05) is 0 Å². The zero-order valence-corrected chi connectivity index (χ0v) is 15.3. The largest absolute Gasteiger partial charge is 0.390 e. The number of hydrogen-bond donors (Lipinski definition) is 1. The zero-order chi connectivity index (χ0) is 17.2. The predicted molar refractivity (Wildman–Crippen MR) is 96.5 cm³/mol. The second-order valence-electron chi connectivity index (χ2n) is 7.64. The summed E-state index contributed by atoms with van der Waals surface area (Å²) in [7, 11) is 0. The lowest BCUT2D eigenvalue weighted by Crippen LogP contribution is -2.30. The van der Waals surface area contributed by atoms with Crippen molar-refractivity contribution >= 4 is 0 Å². The van der Waals surface area contributed by atoms with Gasteiger partial charge < -0.3 is 9.84 Å². The van der Waals surface area contributed by atoms with Crippen LogP contribution in [0.3, 0.4) is 0 Å². The van der Waals surface area contributed by atoms with Crippen molar-refractivity contribution in [1.82, 2.24) is 0 Å². The Balaban J connectivity index is 1.57. The van der Waals surface area contributed by atoms with Gasteiger partial charge in [-0.1, -0.05) is 44.4 Å². The fraction of sp³-hybridized carbons (Fsp3) is 0.905. The van der Waals surface area contributed by atoms with E-state index in [2.05, 4.69) is 18.8 Å². The van der Waals surface area contributed by atoms with Crippen LogP contribution in [0.5, 0.6) is 0 Å². The van der Waals surface area contributed by atoms with Gasteiger partial charge >= 0.3 is 0 Å². The van der Waals surface area contributed by atoms with E-state index in [9.17, 15) is 9.50 Å². The van der Waals surface area contributed by atoms with E-state index in [1.54, 1.807) is 0 Å². The van der Waals surface area contributed by atoms with E-state index in [0.717, 1.165) is 38.7 Å². The molecule has 0 heterocycles. The highest BCUT2D eigenvalue weighted by atomic mass is 19.1. The molecule has 2 aliphatic carbocycles. The summed E-state index contributed by atoms with van der Waals surface area (Å²) in [5, 5.41) is 9.44. The second kappa shape index (κ2) is 11.1. The molecule has 0 aromatic carbocycles. The number of aliphatic hydroxyl groups excluding tert-OH is 1. The summed E-state index contributed by atoms with van der Waals surface area (Å²) in [5.74, 6) is 7.27. The van der Waals surface area contributed by atoms with Crippen molar-refractivity contribution in [3.63, 3.8) is 0 Å². The van der Waals surface area contributed by atoms with Gasteiger partial charge in [-0.15, -0.1) is 0 Å². The highest BCUT2D eigenvalue weighted by Crippen LogP contribution is 2.28. The number of alkyl halides is 1. The Hall–Kier alpha value is -0.590. The summed E-state index contributed by atoms with van der Waals surface area (Å²) >= 11 is 0. The zero-order valence-electron chi connectivity index (χ0n) is 15.3. The molecule has 1 N–H and O–H groups in total. The molecule has 3 atom stereocenters. The summed E-state index contributed by atoms with van der Waals surface area (Å²) in [6.07, 6.45) is 11.3. The molecule has 0 bridgehead atoms. The number of halogens is 1. The number of ether oxygens (including phenoxy) is 1. The molecule has 0 aromatic rings. The van der Waals surface area contributed by atoms with Crippen LogP contribution in [0.25, 0.3) is 0 Å². The minimum Gasteiger partial charge on any atom is -0.390 e. The molecule has 0 aliphatic heterocycles. The van der Waals surface area contributed by atoms with Crippen molar-refractivity contribution in [3.05, 3.63) is 0 Å². The maximum Gasteiger partial charge on any atom is 0.127 e. The average Bonchev–Trinajstić information content (AvgIpc) is 2.60. The van der Waals surface area contributed by atoms with E-state index >= 15 is 0 Å². The molecule has 2 rings (SSSR count). The van der Waals surface area contributed by atoms with Crippen molar-refractivity contribution in [2.75, 3.05) is 6.61 Å². The summed E-state index contributed by atoms with van der Waals surface area (Å²) in [4.78, 5) is 0. The quantitative estimate of drug-likeness (QED) is 0.521. The molecule has 0 saturated heterocycles. The van der Waals surface area contributed by atoms with Crippen LogP contribution >= 0.6 is 0 Å². The molecule has 3 unspecified atom stereocenters. The Bertz CT molecular complexity index is 392. The van der Waals surface area contributed by atoms with Gasteiger partial charge in [0.05, 0.1) is 12.2 Å². The molecular formula is C21H35FO2. The van der Waals surface area contributed by atoms with E-state index in [0.29, 0.717) is 24.9 Å². The maximum absolute atomic E-state index is 13.5. The fourth-order valence-corrected chi connectivity index (χ4v) is 3.80. The van der Waals surface area contributed by atoms with Gasteiger partial charge in [0.25, 0.3) is 0 Å². The minimum atomic E-state index is -1.08. The lowest BCUT2D eigenvalue weighted by Gasteiger charge is -2.27. The van der Waals surface area contributed by atoms with Gasteiger partial charge in [0, 0.05) is 18.4 Å². The van der Waals surface area contributed by atoms with Gasteiger partial charge in [0.1, 0.15) is 6.17 Å². The molecule has 0 spiro atoms. The highest BCUT2D eigenvalue weighted by molar-refractivity contribution is 5.10. The first-order valence-electron chi connectivity index (χ1n) is 10.1. The third-order valence-corrected chi connectivity index (χ3v) is 5.51. The Morgan fingerprint density at radius 3 is 2.29 bits per heavy atom. The number of aliphatic hydroxyl groups is 1. The molecule has 24 heavy (non-hydrogen) atoms. The smallest absolute Gasteiger partial charge is 0.127 e. The van der Waals surface area contributed by atoms with E-state index in [4.69, 9.17) is 4.74 Å². The Labute approximate surface area is 147 Å². The molecule has 0 aromatic heterocycles. The normalized spacial score (nSPS) is 33.7. The Morgan fingerprint density at radius 1 is 0.917 bits per heavy atom. The molecule has 2 saturated carbocycles. The monoisotopic (exact) mass is 338 g/mol. The lowest BCUT2D eigenvalue weighted by molar-refractivity contribution is 0.0208. The fourth-order valence-electron chi connectivity index (χ4n) is 3.80.